The Morgan fingerprint density at radius 2 is 1.87 bits per heavy atom. The molecule has 1 aliphatic rings. The smallest absolute Gasteiger partial charge is 0.254 e. The fraction of sp³-hybridized carbons (Fsp3) is 0.389. The van der Waals surface area contributed by atoms with Crippen LogP contribution in [0.3, 0.4) is 0 Å². The summed E-state index contributed by atoms with van der Waals surface area (Å²) in [5.41, 5.74) is 7.11. The SMILES string of the molecule is Cc1ccc2cc(C(=O)N(C)C3(C(N)=O)CCCC3)ccc2n1. The highest BCUT2D eigenvalue weighted by atomic mass is 16.2. The van der Waals surface area contributed by atoms with Gasteiger partial charge in [-0.05, 0) is 44.0 Å². The van der Waals surface area contributed by atoms with Gasteiger partial charge in [0, 0.05) is 23.7 Å². The number of benzene rings is 1. The van der Waals surface area contributed by atoms with Gasteiger partial charge in [0.05, 0.1) is 5.52 Å². The van der Waals surface area contributed by atoms with Crippen molar-refractivity contribution in [1.82, 2.24) is 9.88 Å². The number of rotatable bonds is 3. The van der Waals surface area contributed by atoms with Crippen molar-refractivity contribution in [2.24, 2.45) is 5.73 Å². The van der Waals surface area contributed by atoms with Crippen LogP contribution >= 0.6 is 0 Å². The number of hydrogen-bond donors (Lipinski definition) is 1. The van der Waals surface area contributed by atoms with Crippen molar-refractivity contribution in [1.29, 1.82) is 0 Å². The zero-order valence-electron chi connectivity index (χ0n) is 13.5. The molecule has 3 rings (SSSR count). The first-order chi connectivity index (χ1) is 10.9. The second-order valence-electron chi connectivity index (χ2n) is 6.33. The van der Waals surface area contributed by atoms with E-state index in [4.69, 9.17) is 5.73 Å². The van der Waals surface area contributed by atoms with E-state index >= 15 is 0 Å². The van der Waals surface area contributed by atoms with Gasteiger partial charge >= 0.3 is 0 Å². The Morgan fingerprint density at radius 1 is 1.17 bits per heavy atom. The maximum absolute atomic E-state index is 12.8. The molecular weight excluding hydrogens is 290 g/mol. The van der Waals surface area contributed by atoms with Gasteiger partial charge in [-0.15, -0.1) is 0 Å². The highest BCUT2D eigenvalue weighted by molar-refractivity contribution is 6.01. The van der Waals surface area contributed by atoms with Gasteiger partial charge in [-0.1, -0.05) is 18.9 Å². The fourth-order valence-corrected chi connectivity index (χ4v) is 3.46. The molecule has 0 unspecified atom stereocenters. The van der Waals surface area contributed by atoms with Crippen molar-refractivity contribution in [3.63, 3.8) is 0 Å². The number of aromatic nitrogens is 1. The summed E-state index contributed by atoms with van der Waals surface area (Å²) in [7, 11) is 1.68. The Balaban J connectivity index is 1.96. The third-order valence-corrected chi connectivity index (χ3v) is 4.91. The number of amides is 2. The number of nitrogens with two attached hydrogens (primary N) is 1. The van der Waals surface area contributed by atoms with Gasteiger partial charge in [-0.25, -0.2) is 0 Å². The van der Waals surface area contributed by atoms with E-state index in [-0.39, 0.29) is 5.91 Å². The molecule has 2 amide bonds. The van der Waals surface area contributed by atoms with Crippen LogP contribution in [0.5, 0.6) is 0 Å². The van der Waals surface area contributed by atoms with E-state index in [1.807, 2.05) is 31.2 Å². The molecule has 120 valence electrons. The summed E-state index contributed by atoms with van der Waals surface area (Å²) in [5.74, 6) is -0.586. The number of likely N-dealkylation sites (N-methyl/N-ethyl adjacent to an activating group) is 1. The molecule has 1 fully saturated rings. The van der Waals surface area contributed by atoms with Gasteiger partial charge < -0.3 is 10.6 Å². The number of pyridine rings is 1. The Morgan fingerprint density at radius 3 is 2.52 bits per heavy atom. The predicted molar refractivity (Wildman–Crippen MR) is 89.0 cm³/mol. The molecule has 2 N–H and O–H groups in total. The van der Waals surface area contributed by atoms with Gasteiger partial charge in [0.2, 0.25) is 5.91 Å². The molecule has 1 saturated carbocycles. The molecule has 1 heterocycles. The van der Waals surface area contributed by atoms with E-state index in [9.17, 15) is 9.59 Å². The van der Waals surface area contributed by atoms with Crippen molar-refractivity contribution in [3.05, 3.63) is 41.6 Å². The molecule has 1 aromatic carbocycles. The van der Waals surface area contributed by atoms with Gasteiger partial charge in [0.15, 0.2) is 0 Å². The van der Waals surface area contributed by atoms with Gasteiger partial charge in [-0.3, -0.25) is 14.6 Å². The van der Waals surface area contributed by atoms with E-state index in [0.717, 1.165) is 29.4 Å². The molecule has 2 aromatic rings. The van der Waals surface area contributed by atoms with Crippen molar-refractivity contribution < 1.29 is 9.59 Å². The summed E-state index contributed by atoms with van der Waals surface area (Å²) in [6.45, 7) is 1.93. The van der Waals surface area contributed by atoms with Crippen LogP contribution in [0.15, 0.2) is 30.3 Å². The molecule has 0 bridgehead atoms. The summed E-state index contributed by atoms with van der Waals surface area (Å²) >= 11 is 0. The average molecular weight is 311 g/mol. The van der Waals surface area contributed by atoms with Crippen LogP contribution in [0.2, 0.25) is 0 Å². The van der Waals surface area contributed by atoms with Crippen LogP contribution in [0.4, 0.5) is 0 Å². The van der Waals surface area contributed by atoms with Crippen molar-refractivity contribution in [2.45, 2.75) is 38.1 Å². The zero-order valence-corrected chi connectivity index (χ0v) is 13.5. The first-order valence-corrected chi connectivity index (χ1v) is 7.89. The Kier molecular flexibility index (Phi) is 3.80. The summed E-state index contributed by atoms with van der Waals surface area (Å²) in [5, 5.41) is 0.911. The number of aryl methyl sites for hydroxylation is 1. The molecule has 0 aliphatic heterocycles. The average Bonchev–Trinajstić information content (AvgIpc) is 3.04. The van der Waals surface area contributed by atoms with Crippen molar-refractivity contribution in [2.75, 3.05) is 7.05 Å². The number of fused-ring (bicyclic) bond motifs is 1. The first kappa shape index (κ1) is 15.5. The van der Waals surface area contributed by atoms with Crippen LogP contribution in [0, 0.1) is 6.92 Å². The lowest BCUT2D eigenvalue weighted by atomic mass is 9.93. The quantitative estimate of drug-likeness (QED) is 0.945. The monoisotopic (exact) mass is 311 g/mol. The number of primary amides is 1. The number of carbonyl (C=O) groups excluding carboxylic acids is 2. The molecule has 1 aliphatic carbocycles. The molecule has 5 heteroatoms. The van der Waals surface area contributed by atoms with E-state index in [0.29, 0.717) is 18.4 Å². The minimum absolute atomic E-state index is 0.173. The molecule has 0 spiro atoms. The van der Waals surface area contributed by atoms with Crippen LogP contribution in [0.1, 0.15) is 41.7 Å². The van der Waals surface area contributed by atoms with Crippen LogP contribution in [-0.2, 0) is 4.79 Å². The third kappa shape index (κ3) is 2.56. The minimum Gasteiger partial charge on any atom is -0.368 e. The Bertz CT molecular complexity index is 779. The van der Waals surface area contributed by atoms with Crippen molar-refractivity contribution in [3.8, 4) is 0 Å². The standard InChI is InChI=1S/C18H21N3O2/c1-12-5-6-13-11-14(7-8-15(13)20-12)16(22)21(2)18(17(19)23)9-3-4-10-18/h5-8,11H,3-4,9-10H2,1-2H3,(H2,19,23). The van der Waals surface area contributed by atoms with Gasteiger partial charge in [0.1, 0.15) is 5.54 Å². The molecule has 0 atom stereocenters. The van der Waals surface area contributed by atoms with Crippen molar-refractivity contribution >= 4 is 22.7 Å². The van der Waals surface area contributed by atoms with Gasteiger partial charge in [0.25, 0.3) is 5.91 Å². The topological polar surface area (TPSA) is 76.3 Å². The summed E-state index contributed by atoms with van der Waals surface area (Å²) in [6.07, 6.45) is 3.11. The molecule has 0 radical (unpaired) electrons. The minimum atomic E-state index is -0.850. The van der Waals surface area contributed by atoms with E-state index in [2.05, 4.69) is 4.98 Å². The van der Waals surface area contributed by atoms with E-state index < -0.39 is 11.4 Å². The van der Waals surface area contributed by atoms with Crippen LogP contribution in [0.25, 0.3) is 10.9 Å². The molecule has 5 nitrogen and oxygen atoms in total. The van der Waals surface area contributed by atoms with Crippen LogP contribution in [-0.4, -0.2) is 34.3 Å². The molecule has 0 saturated heterocycles. The van der Waals surface area contributed by atoms with E-state index in [1.54, 1.807) is 13.1 Å². The highest BCUT2D eigenvalue weighted by Crippen LogP contribution is 2.35. The Hall–Kier alpha value is -2.43. The lowest BCUT2D eigenvalue weighted by Crippen LogP contribution is -2.56. The maximum atomic E-state index is 12.8. The van der Waals surface area contributed by atoms with E-state index in [1.165, 1.54) is 4.90 Å². The zero-order chi connectivity index (χ0) is 16.6. The predicted octanol–water partition coefficient (Wildman–Crippen LogP) is 2.41. The highest BCUT2D eigenvalue weighted by Gasteiger charge is 2.45. The third-order valence-electron chi connectivity index (χ3n) is 4.91. The lowest BCUT2D eigenvalue weighted by molar-refractivity contribution is -0.127. The molecular formula is C18H21N3O2. The summed E-state index contributed by atoms with van der Waals surface area (Å²) < 4.78 is 0. The maximum Gasteiger partial charge on any atom is 0.254 e. The normalized spacial score (nSPS) is 16.4. The second kappa shape index (κ2) is 5.65. The largest absolute Gasteiger partial charge is 0.368 e. The van der Waals surface area contributed by atoms with Crippen LogP contribution < -0.4 is 5.73 Å². The number of hydrogen-bond acceptors (Lipinski definition) is 3. The Labute approximate surface area is 135 Å². The first-order valence-electron chi connectivity index (χ1n) is 7.89. The lowest BCUT2D eigenvalue weighted by Gasteiger charge is -2.36. The summed E-state index contributed by atoms with van der Waals surface area (Å²) in [6, 6.07) is 9.30. The number of nitrogens with zero attached hydrogens (tertiary/aromatic N) is 2. The molecule has 1 aromatic heterocycles. The van der Waals surface area contributed by atoms with Gasteiger partial charge in [-0.2, -0.15) is 0 Å². The summed E-state index contributed by atoms with van der Waals surface area (Å²) in [4.78, 5) is 30.8. The molecule has 23 heavy (non-hydrogen) atoms. The second-order valence-corrected chi connectivity index (χ2v) is 6.33. The fourth-order valence-electron chi connectivity index (χ4n) is 3.46. The number of carbonyl (C=O) groups is 2.